The number of allylic oxidation sites excluding steroid dienone is 2. The quantitative estimate of drug-likeness (QED) is 0.540. The number of hydrogen-bond acceptors (Lipinski definition) is 0. The molecule has 0 amide bonds. The van der Waals surface area contributed by atoms with Crippen LogP contribution in [0.25, 0.3) is 0 Å². The van der Waals surface area contributed by atoms with Gasteiger partial charge >= 0.3 is 0 Å². The largest absolute Gasteiger partial charge is 0.0726 e. The lowest BCUT2D eigenvalue weighted by Crippen LogP contribution is -2.05. The summed E-state index contributed by atoms with van der Waals surface area (Å²) < 4.78 is 0. The monoisotopic (exact) mass is 294 g/mol. The molecule has 0 aromatic heterocycles. The van der Waals surface area contributed by atoms with Crippen LogP contribution in [-0.2, 0) is 6.42 Å². The molecule has 0 saturated heterocycles. The number of benzene rings is 1. The topological polar surface area (TPSA) is 0 Å². The fraction of sp³-hybridized carbons (Fsp3) is 0.545. The Morgan fingerprint density at radius 1 is 1.00 bits per heavy atom. The molecular formula is C22H30. The van der Waals surface area contributed by atoms with E-state index in [1.807, 2.05) is 0 Å². The molecule has 0 nitrogen and oxygen atoms in total. The lowest BCUT2D eigenvalue weighted by molar-refractivity contribution is 0.425. The zero-order valence-corrected chi connectivity index (χ0v) is 14.3. The third-order valence-electron chi connectivity index (χ3n) is 4.63. The van der Waals surface area contributed by atoms with E-state index in [1.165, 1.54) is 68.9 Å². The Hall–Kier alpha value is -1.48. The first-order valence-corrected chi connectivity index (χ1v) is 9.11. The van der Waals surface area contributed by atoms with Gasteiger partial charge in [-0.1, -0.05) is 69.6 Å². The van der Waals surface area contributed by atoms with E-state index in [0.717, 1.165) is 11.5 Å². The molecule has 118 valence electrons. The Bertz CT molecular complexity index is 521. The van der Waals surface area contributed by atoms with E-state index in [4.69, 9.17) is 0 Å². The smallest absolute Gasteiger partial charge is 0.0249 e. The maximum absolute atomic E-state index is 3.39. The third kappa shape index (κ3) is 5.72. The summed E-state index contributed by atoms with van der Waals surface area (Å²) in [6.45, 7) is 4.52. The normalized spacial score (nSPS) is 17.5. The zero-order valence-electron chi connectivity index (χ0n) is 14.3. The van der Waals surface area contributed by atoms with Crippen LogP contribution in [-0.4, -0.2) is 0 Å². The fourth-order valence-electron chi connectivity index (χ4n) is 3.05. The van der Waals surface area contributed by atoms with Gasteiger partial charge in [-0.15, -0.1) is 0 Å². The van der Waals surface area contributed by atoms with Gasteiger partial charge in [0.25, 0.3) is 0 Å². The van der Waals surface area contributed by atoms with Crippen molar-refractivity contribution in [2.45, 2.75) is 71.6 Å². The molecule has 0 N–H and O–H groups in total. The summed E-state index contributed by atoms with van der Waals surface area (Å²) in [5.41, 5.74) is 3.93. The molecule has 0 radical (unpaired) electrons. The summed E-state index contributed by atoms with van der Waals surface area (Å²) in [6.07, 6.45) is 13.9. The van der Waals surface area contributed by atoms with Crippen molar-refractivity contribution in [3.63, 3.8) is 0 Å². The first-order valence-electron chi connectivity index (χ1n) is 9.11. The Morgan fingerprint density at radius 2 is 1.77 bits per heavy atom. The highest BCUT2D eigenvalue weighted by Crippen LogP contribution is 2.27. The number of unbranched alkanes of at least 4 members (excludes halogenated alkanes) is 2. The van der Waals surface area contributed by atoms with Crippen molar-refractivity contribution in [1.82, 2.24) is 0 Å². The predicted octanol–water partition coefficient (Wildman–Crippen LogP) is 6.30. The van der Waals surface area contributed by atoms with Gasteiger partial charge in [0.1, 0.15) is 0 Å². The van der Waals surface area contributed by atoms with Crippen molar-refractivity contribution < 1.29 is 0 Å². The highest BCUT2D eigenvalue weighted by molar-refractivity contribution is 5.42. The summed E-state index contributed by atoms with van der Waals surface area (Å²) in [5.74, 6) is 7.63. The lowest BCUT2D eigenvalue weighted by Gasteiger charge is -2.19. The minimum absolute atomic E-state index is 0.906. The van der Waals surface area contributed by atoms with Gasteiger partial charge in [-0.05, 0) is 61.3 Å². The summed E-state index contributed by atoms with van der Waals surface area (Å²) in [4.78, 5) is 0. The molecule has 22 heavy (non-hydrogen) atoms. The number of rotatable bonds is 6. The summed E-state index contributed by atoms with van der Waals surface area (Å²) in [7, 11) is 0. The molecule has 1 aromatic rings. The number of aryl methyl sites for hydroxylation is 1. The fourth-order valence-corrected chi connectivity index (χ4v) is 3.05. The second-order valence-corrected chi connectivity index (χ2v) is 6.56. The van der Waals surface area contributed by atoms with E-state index in [-0.39, 0.29) is 0 Å². The van der Waals surface area contributed by atoms with Gasteiger partial charge in [-0.25, -0.2) is 0 Å². The van der Waals surface area contributed by atoms with E-state index in [0.29, 0.717) is 0 Å². The molecule has 1 aliphatic carbocycles. The second-order valence-electron chi connectivity index (χ2n) is 6.56. The predicted molar refractivity (Wildman–Crippen MR) is 96.9 cm³/mol. The van der Waals surface area contributed by atoms with Crippen LogP contribution in [0.3, 0.4) is 0 Å². The molecule has 1 unspecified atom stereocenters. The average Bonchev–Trinajstić information content (AvgIpc) is 2.58. The molecule has 0 aliphatic heterocycles. The highest BCUT2D eigenvalue weighted by Gasteiger charge is 2.12. The minimum Gasteiger partial charge on any atom is -0.0726 e. The Balaban J connectivity index is 1.86. The van der Waals surface area contributed by atoms with Crippen molar-refractivity contribution >= 4 is 0 Å². The Labute approximate surface area is 137 Å². The second kappa shape index (κ2) is 9.52. The van der Waals surface area contributed by atoms with Gasteiger partial charge in [-0.2, -0.15) is 0 Å². The van der Waals surface area contributed by atoms with Crippen LogP contribution in [0.4, 0.5) is 0 Å². The van der Waals surface area contributed by atoms with Crippen LogP contribution in [0.5, 0.6) is 0 Å². The average molecular weight is 294 g/mol. The Morgan fingerprint density at radius 3 is 2.41 bits per heavy atom. The van der Waals surface area contributed by atoms with Crippen LogP contribution in [0.2, 0.25) is 0 Å². The van der Waals surface area contributed by atoms with E-state index in [2.05, 4.69) is 56.0 Å². The van der Waals surface area contributed by atoms with Crippen LogP contribution in [0.1, 0.15) is 76.3 Å². The molecule has 1 atom stereocenters. The standard InChI is InChI=1S/C22H30/c1-3-5-7-19-9-13-21(14-10-19)17-18-22-15-11-20(12-16-22)8-6-4-2/h9-10,13-15,20H,3-8,11-12,16H2,1-2H3. The minimum atomic E-state index is 0.906. The van der Waals surface area contributed by atoms with Crippen LogP contribution in [0, 0.1) is 17.8 Å². The maximum Gasteiger partial charge on any atom is 0.0249 e. The van der Waals surface area contributed by atoms with Crippen molar-refractivity contribution in [2.75, 3.05) is 0 Å². The molecule has 0 spiro atoms. The molecule has 0 heteroatoms. The van der Waals surface area contributed by atoms with Crippen LogP contribution in [0.15, 0.2) is 35.9 Å². The summed E-state index contributed by atoms with van der Waals surface area (Å²) in [5, 5.41) is 0. The van der Waals surface area contributed by atoms with Gasteiger partial charge in [0.05, 0.1) is 0 Å². The van der Waals surface area contributed by atoms with Gasteiger partial charge in [0.15, 0.2) is 0 Å². The zero-order chi connectivity index (χ0) is 15.6. The maximum atomic E-state index is 3.39. The molecule has 2 rings (SSSR count). The van der Waals surface area contributed by atoms with Crippen LogP contribution < -0.4 is 0 Å². The molecule has 1 aromatic carbocycles. The Kier molecular flexibility index (Phi) is 7.31. The number of hydrogen-bond donors (Lipinski definition) is 0. The van der Waals surface area contributed by atoms with E-state index < -0.39 is 0 Å². The van der Waals surface area contributed by atoms with Crippen molar-refractivity contribution in [1.29, 1.82) is 0 Å². The van der Waals surface area contributed by atoms with Gasteiger partial charge in [-0.3, -0.25) is 0 Å². The first kappa shape index (κ1) is 16.9. The van der Waals surface area contributed by atoms with Crippen molar-refractivity contribution in [2.24, 2.45) is 5.92 Å². The van der Waals surface area contributed by atoms with Gasteiger partial charge in [0, 0.05) is 5.56 Å². The molecular weight excluding hydrogens is 264 g/mol. The first-order chi connectivity index (χ1) is 10.8. The SMILES string of the molecule is CCCCc1ccc(C#CC2=CCC(CCCC)CC2)cc1. The molecule has 0 bridgehead atoms. The molecule has 0 heterocycles. The summed E-state index contributed by atoms with van der Waals surface area (Å²) >= 11 is 0. The molecule has 0 saturated carbocycles. The molecule has 0 fully saturated rings. The molecule has 1 aliphatic rings. The van der Waals surface area contributed by atoms with Crippen LogP contribution >= 0.6 is 0 Å². The highest BCUT2D eigenvalue weighted by atomic mass is 14.2. The third-order valence-corrected chi connectivity index (χ3v) is 4.63. The van der Waals surface area contributed by atoms with E-state index in [1.54, 1.807) is 0 Å². The lowest BCUT2D eigenvalue weighted by atomic mass is 9.86. The van der Waals surface area contributed by atoms with Crippen molar-refractivity contribution in [3.8, 4) is 11.8 Å². The van der Waals surface area contributed by atoms with Gasteiger partial charge < -0.3 is 0 Å². The van der Waals surface area contributed by atoms with Crippen molar-refractivity contribution in [3.05, 3.63) is 47.0 Å². The van der Waals surface area contributed by atoms with E-state index >= 15 is 0 Å². The van der Waals surface area contributed by atoms with E-state index in [9.17, 15) is 0 Å². The van der Waals surface area contributed by atoms with Gasteiger partial charge in [0.2, 0.25) is 0 Å². The summed E-state index contributed by atoms with van der Waals surface area (Å²) in [6, 6.07) is 8.81.